The van der Waals surface area contributed by atoms with Crippen molar-refractivity contribution < 1.29 is 0 Å². The summed E-state index contributed by atoms with van der Waals surface area (Å²) in [5.41, 5.74) is 4.63. The maximum Gasteiger partial charge on any atom is 0.151 e. The lowest BCUT2D eigenvalue weighted by Gasteiger charge is -2.12. The molecule has 0 spiro atoms. The highest BCUT2D eigenvalue weighted by Crippen LogP contribution is 2.28. The highest BCUT2D eigenvalue weighted by molar-refractivity contribution is 6.36. The van der Waals surface area contributed by atoms with Gasteiger partial charge in [0.1, 0.15) is 13.7 Å². The van der Waals surface area contributed by atoms with Crippen molar-refractivity contribution in [1.29, 1.82) is 0 Å². The summed E-state index contributed by atoms with van der Waals surface area (Å²) >= 11 is 6.36. The van der Waals surface area contributed by atoms with Crippen molar-refractivity contribution >= 4 is 36.4 Å². The largest absolute Gasteiger partial charge is 0.366 e. The van der Waals surface area contributed by atoms with E-state index in [1.165, 1.54) is 0 Å². The molecule has 122 valence electrons. The molecule has 0 aliphatic heterocycles. The molecule has 0 amide bonds. The SMILES string of the molecule is Bc1cnn2c(NCc3cccnc3)cc(-c3ccccc3Cl)nc12. The van der Waals surface area contributed by atoms with Crippen LogP contribution in [0.2, 0.25) is 5.02 Å². The van der Waals surface area contributed by atoms with Crippen molar-refractivity contribution in [3.8, 4) is 11.3 Å². The van der Waals surface area contributed by atoms with Crippen LogP contribution in [0.5, 0.6) is 0 Å². The molecular formula is C18H15BClN5. The van der Waals surface area contributed by atoms with E-state index in [4.69, 9.17) is 16.6 Å². The number of hydrogen-bond donors (Lipinski definition) is 1. The zero-order valence-electron chi connectivity index (χ0n) is 13.6. The molecule has 0 saturated heterocycles. The zero-order valence-corrected chi connectivity index (χ0v) is 14.4. The van der Waals surface area contributed by atoms with Gasteiger partial charge in [0.2, 0.25) is 0 Å². The fraction of sp³-hybridized carbons (Fsp3) is 0.0556. The van der Waals surface area contributed by atoms with Crippen LogP contribution in [0.15, 0.2) is 61.1 Å². The number of aromatic nitrogens is 4. The Morgan fingerprint density at radius 2 is 2.00 bits per heavy atom. The maximum absolute atomic E-state index is 6.36. The van der Waals surface area contributed by atoms with Crippen molar-refractivity contribution in [2.45, 2.75) is 6.54 Å². The summed E-state index contributed by atoms with van der Waals surface area (Å²) in [6.45, 7) is 0.647. The first-order chi connectivity index (χ1) is 12.2. The predicted molar refractivity (Wildman–Crippen MR) is 103 cm³/mol. The second-order valence-electron chi connectivity index (χ2n) is 5.78. The number of anilines is 1. The number of hydrogen-bond acceptors (Lipinski definition) is 4. The Labute approximate surface area is 151 Å². The average Bonchev–Trinajstić information content (AvgIpc) is 3.02. The van der Waals surface area contributed by atoms with Gasteiger partial charge in [-0.15, -0.1) is 0 Å². The Kier molecular flexibility index (Phi) is 4.11. The van der Waals surface area contributed by atoms with Gasteiger partial charge in [-0.25, -0.2) is 4.98 Å². The maximum atomic E-state index is 6.36. The van der Waals surface area contributed by atoms with Crippen molar-refractivity contribution in [3.05, 3.63) is 71.6 Å². The quantitative estimate of drug-likeness (QED) is 0.576. The highest BCUT2D eigenvalue weighted by Gasteiger charge is 2.12. The Morgan fingerprint density at radius 3 is 2.80 bits per heavy atom. The van der Waals surface area contributed by atoms with Crippen LogP contribution in [0.3, 0.4) is 0 Å². The molecule has 4 aromatic rings. The van der Waals surface area contributed by atoms with Gasteiger partial charge in [-0.05, 0) is 23.2 Å². The molecule has 0 atom stereocenters. The fourth-order valence-electron chi connectivity index (χ4n) is 2.70. The first-order valence-corrected chi connectivity index (χ1v) is 8.33. The van der Waals surface area contributed by atoms with Crippen LogP contribution in [0.25, 0.3) is 16.9 Å². The Morgan fingerprint density at radius 1 is 1.12 bits per heavy atom. The molecule has 3 aromatic heterocycles. The fourth-order valence-corrected chi connectivity index (χ4v) is 2.93. The lowest BCUT2D eigenvalue weighted by atomic mass is 10.0. The zero-order chi connectivity index (χ0) is 17.2. The standard InChI is InChI=1S/C18H15BClN5/c19-14-11-23-25-17(22-10-12-4-3-7-21-9-12)8-16(24-18(14)25)13-5-1-2-6-15(13)20/h1-9,11,22H,10,19H2. The molecule has 1 N–H and O–H groups in total. The second-order valence-corrected chi connectivity index (χ2v) is 6.19. The third-order valence-corrected chi connectivity index (χ3v) is 4.32. The molecule has 0 radical (unpaired) electrons. The third-order valence-electron chi connectivity index (χ3n) is 3.99. The van der Waals surface area contributed by atoms with E-state index in [-0.39, 0.29) is 0 Å². The highest BCUT2D eigenvalue weighted by atomic mass is 35.5. The van der Waals surface area contributed by atoms with E-state index in [1.54, 1.807) is 6.20 Å². The summed E-state index contributed by atoms with van der Waals surface area (Å²) in [4.78, 5) is 8.89. The average molecular weight is 348 g/mol. The monoisotopic (exact) mass is 347 g/mol. The molecule has 4 rings (SSSR count). The van der Waals surface area contributed by atoms with E-state index in [0.29, 0.717) is 11.6 Å². The van der Waals surface area contributed by atoms with Gasteiger partial charge >= 0.3 is 0 Å². The first-order valence-electron chi connectivity index (χ1n) is 7.95. The number of fused-ring (bicyclic) bond motifs is 1. The molecule has 5 nitrogen and oxygen atoms in total. The molecule has 0 aliphatic rings. The summed E-state index contributed by atoms with van der Waals surface area (Å²) in [5.74, 6) is 0.858. The minimum atomic E-state index is 0.647. The van der Waals surface area contributed by atoms with E-state index in [1.807, 2.05) is 67.2 Å². The second kappa shape index (κ2) is 6.57. The van der Waals surface area contributed by atoms with Gasteiger partial charge in [0, 0.05) is 41.8 Å². The smallest absolute Gasteiger partial charge is 0.151 e. The molecule has 7 heteroatoms. The Bertz CT molecular complexity index is 1030. The van der Waals surface area contributed by atoms with E-state index >= 15 is 0 Å². The van der Waals surface area contributed by atoms with Gasteiger partial charge in [0.25, 0.3) is 0 Å². The van der Waals surface area contributed by atoms with Crippen LogP contribution >= 0.6 is 11.6 Å². The molecule has 0 saturated carbocycles. The molecule has 0 fully saturated rings. The van der Waals surface area contributed by atoms with E-state index in [9.17, 15) is 0 Å². The van der Waals surface area contributed by atoms with Crippen LogP contribution in [-0.2, 0) is 6.54 Å². The van der Waals surface area contributed by atoms with Crippen molar-refractivity contribution in [3.63, 3.8) is 0 Å². The van der Waals surface area contributed by atoms with Gasteiger partial charge in [-0.2, -0.15) is 9.61 Å². The van der Waals surface area contributed by atoms with Crippen LogP contribution < -0.4 is 10.8 Å². The van der Waals surface area contributed by atoms with E-state index in [0.717, 1.165) is 33.7 Å². The number of pyridine rings is 1. The van der Waals surface area contributed by atoms with Gasteiger partial charge in [-0.1, -0.05) is 35.9 Å². The Balaban J connectivity index is 1.78. The molecule has 0 unspecified atom stereocenters. The predicted octanol–water partition coefficient (Wildman–Crippen LogP) is 2.32. The van der Waals surface area contributed by atoms with Crippen molar-refractivity contribution in [2.75, 3.05) is 5.32 Å². The number of rotatable bonds is 4. The minimum absolute atomic E-state index is 0.647. The number of nitrogens with zero attached hydrogens (tertiary/aromatic N) is 4. The number of benzene rings is 1. The van der Waals surface area contributed by atoms with Crippen LogP contribution in [0.1, 0.15) is 5.56 Å². The summed E-state index contributed by atoms with van der Waals surface area (Å²) in [6, 6.07) is 13.6. The first kappa shape index (κ1) is 15.7. The summed E-state index contributed by atoms with van der Waals surface area (Å²) in [5, 5.41) is 8.53. The van der Waals surface area contributed by atoms with Crippen molar-refractivity contribution in [2.24, 2.45) is 0 Å². The van der Waals surface area contributed by atoms with Gasteiger partial charge in [-0.3, -0.25) is 4.98 Å². The van der Waals surface area contributed by atoms with Gasteiger partial charge in [0.05, 0.1) is 5.69 Å². The van der Waals surface area contributed by atoms with E-state index in [2.05, 4.69) is 15.4 Å². The summed E-state index contributed by atoms with van der Waals surface area (Å²) in [7, 11) is 2.00. The van der Waals surface area contributed by atoms with Crippen LogP contribution in [-0.4, -0.2) is 27.4 Å². The van der Waals surface area contributed by atoms with Gasteiger partial charge < -0.3 is 5.32 Å². The van der Waals surface area contributed by atoms with Crippen LogP contribution in [0.4, 0.5) is 5.82 Å². The molecule has 1 aromatic carbocycles. The van der Waals surface area contributed by atoms with Gasteiger partial charge in [0.15, 0.2) is 5.65 Å². The van der Waals surface area contributed by atoms with E-state index < -0.39 is 0 Å². The molecule has 0 aliphatic carbocycles. The lowest BCUT2D eigenvalue weighted by molar-refractivity contribution is 0.925. The summed E-state index contributed by atoms with van der Waals surface area (Å²) in [6.07, 6.45) is 5.42. The Hall–Kier alpha value is -2.86. The molecular weight excluding hydrogens is 332 g/mol. The number of halogens is 1. The number of nitrogens with one attached hydrogen (secondary N) is 1. The van der Waals surface area contributed by atoms with Crippen molar-refractivity contribution in [1.82, 2.24) is 19.6 Å². The minimum Gasteiger partial charge on any atom is -0.366 e. The summed E-state index contributed by atoms with van der Waals surface area (Å²) < 4.78 is 1.81. The topological polar surface area (TPSA) is 55.1 Å². The normalized spacial score (nSPS) is 10.9. The molecule has 3 heterocycles. The molecule has 25 heavy (non-hydrogen) atoms. The lowest BCUT2D eigenvalue weighted by Crippen LogP contribution is -2.09. The molecule has 0 bridgehead atoms. The van der Waals surface area contributed by atoms with Crippen LogP contribution in [0, 0.1) is 0 Å². The third kappa shape index (κ3) is 3.08.